The van der Waals surface area contributed by atoms with Crippen molar-refractivity contribution < 1.29 is 0 Å². The molecule has 0 aliphatic heterocycles. The summed E-state index contributed by atoms with van der Waals surface area (Å²) in [6.45, 7) is 0. The standard InChI is InChI=1S/C54H32N8S/c1-4-16-33(17-5-1)49-55-50(34-18-6-2-7-19-34)58-53(57-49)61-42-25-13-11-23-38(42)41-32-36(28-30-44(41)61)52-56-51(35-20-8-3-9-21-35)59-54(60-52)62-43-26-14-10-22-37(43)39-29-31-46-47(48(39)62)40-24-12-15-27-45(40)63-46/h1-32H. The molecule has 5 heterocycles. The Balaban J connectivity index is 1.06. The molecule has 13 aromatic rings. The first-order valence-corrected chi connectivity index (χ1v) is 21.6. The van der Waals surface area contributed by atoms with Gasteiger partial charge in [-0.1, -0.05) is 152 Å². The fourth-order valence-electron chi connectivity index (χ4n) is 9.01. The SMILES string of the molecule is c1ccc(-c2nc(-c3ccccc3)nc(-n3c4ccccc4c4cc(-c5nc(-c6ccccc6)nc(-n6c7ccccc7c7ccc8sc9ccccc9c8c76)n5)ccc43)n2)cc1. The average Bonchev–Trinajstić information content (AvgIpc) is 4.02. The van der Waals surface area contributed by atoms with Gasteiger partial charge in [0.2, 0.25) is 11.9 Å². The summed E-state index contributed by atoms with van der Waals surface area (Å²) < 4.78 is 6.84. The van der Waals surface area contributed by atoms with Crippen LogP contribution < -0.4 is 0 Å². The van der Waals surface area contributed by atoms with Crippen LogP contribution in [0.5, 0.6) is 0 Å². The molecule has 294 valence electrons. The van der Waals surface area contributed by atoms with Crippen LogP contribution in [-0.2, 0) is 0 Å². The van der Waals surface area contributed by atoms with Gasteiger partial charge in [-0.3, -0.25) is 9.13 Å². The predicted molar refractivity (Wildman–Crippen MR) is 257 cm³/mol. The molecular formula is C54H32N8S. The molecule has 0 aliphatic rings. The number of rotatable bonds is 6. The number of aromatic nitrogens is 8. The molecule has 0 atom stereocenters. The zero-order chi connectivity index (χ0) is 41.4. The van der Waals surface area contributed by atoms with E-state index in [1.165, 1.54) is 20.2 Å². The Bertz CT molecular complexity index is 3850. The average molecular weight is 825 g/mol. The molecule has 5 aromatic heterocycles. The van der Waals surface area contributed by atoms with Crippen molar-refractivity contribution in [3.8, 4) is 57.4 Å². The van der Waals surface area contributed by atoms with E-state index in [2.05, 4.69) is 124 Å². The van der Waals surface area contributed by atoms with Gasteiger partial charge in [0.05, 0.1) is 22.1 Å². The third-order valence-electron chi connectivity index (χ3n) is 11.8. The molecule has 0 unspecified atom stereocenters. The molecular weight excluding hydrogens is 793 g/mol. The molecule has 0 N–H and O–H groups in total. The molecule has 0 bridgehead atoms. The first-order chi connectivity index (χ1) is 31.2. The minimum absolute atomic E-state index is 0.536. The maximum atomic E-state index is 5.39. The molecule has 8 aromatic carbocycles. The number of fused-ring (bicyclic) bond motifs is 10. The van der Waals surface area contributed by atoms with Crippen LogP contribution in [0.3, 0.4) is 0 Å². The molecule has 0 radical (unpaired) electrons. The molecule has 9 heteroatoms. The first-order valence-electron chi connectivity index (χ1n) is 20.8. The van der Waals surface area contributed by atoms with E-state index in [1.54, 1.807) is 0 Å². The van der Waals surface area contributed by atoms with E-state index < -0.39 is 0 Å². The van der Waals surface area contributed by atoms with Crippen LogP contribution in [0, 0.1) is 0 Å². The summed E-state index contributed by atoms with van der Waals surface area (Å²) in [5, 5.41) is 6.80. The summed E-state index contributed by atoms with van der Waals surface area (Å²) in [6, 6.07) is 66.8. The van der Waals surface area contributed by atoms with E-state index in [0.717, 1.165) is 65.9 Å². The maximum Gasteiger partial charge on any atom is 0.238 e. The quantitative estimate of drug-likeness (QED) is 0.166. The largest absolute Gasteiger partial charge is 0.278 e. The predicted octanol–water partition coefficient (Wildman–Crippen LogP) is 13.3. The van der Waals surface area contributed by atoms with Crippen LogP contribution in [0.25, 0.3) is 121 Å². The highest BCUT2D eigenvalue weighted by Gasteiger charge is 2.23. The number of hydrogen-bond acceptors (Lipinski definition) is 7. The molecule has 8 nitrogen and oxygen atoms in total. The lowest BCUT2D eigenvalue weighted by Gasteiger charge is -2.12. The van der Waals surface area contributed by atoms with Crippen LogP contribution in [0.2, 0.25) is 0 Å². The van der Waals surface area contributed by atoms with Crippen molar-refractivity contribution in [3.05, 3.63) is 194 Å². The normalized spacial score (nSPS) is 11.8. The summed E-state index contributed by atoms with van der Waals surface area (Å²) in [6.07, 6.45) is 0. The van der Waals surface area contributed by atoms with Crippen LogP contribution in [0.15, 0.2) is 194 Å². The third kappa shape index (κ3) is 5.67. The topological polar surface area (TPSA) is 87.2 Å². The van der Waals surface area contributed by atoms with Crippen LogP contribution in [0.4, 0.5) is 0 Å². The van der Waals surface area contributed by atoms with Gasteiger partial charge < -0.3 is 0 Å². The summed E-state index contributed by atoms with van der Waals surface area (Å²) >= 11 is 1.81. The maximum absolute atomic E-state index is 5.39. The Labute approximate surface area is 364 Å². The van der Waals surface area contributed by atoms with E-state index in [1.807, 2.05) is 90.2 Å². The van der Waals surface area contributed by atoms with E-state index in [4.69, 9.17) is 29.9 Å². The molecule has 0 spiro atoms. The third-order valence-corrected chi connectivity index (χ3v) is 13.0. The fraction of sp³-hybridized carbons (Fsp3) is 0. The number of nitrogens with zero attached hydrogens (tertiary/aromatic N) is 8. The molecule has 0 saturated carbocycles. The van der Waals surface area contributed by atoms with E-state index in [-0.39, 0.29) is 0 Å². The number of hydrogen-bond donors (Lipinski definition) is 0. The first kappa shape index (κ1) is 35.4. The lowest BCUT2D eigenvalue weighted by Crippen LogP contribution is -2.07. The van der Waals surface area contributed by atoms with Gasteiger partial charge in [-0.25, -0.2) is 9.97 Å². The van der Waals surface area contributed by atoms with Crippen molar-refractivity contribution in [1.29, 1.82) is 0 Å². The van der Waals surface area contributed by atoms with Crippen molar-refractivity contribution >= 4 is 75.1 Å². The minimum Gasteiger partial charge on any atom is -0.278 e. The molecule has 63 heavy (non-hydrogen) atoms. The van der Waals surface area contributed by atoms with Crippen molar-refractivity contribution in [1.82, 2.24) is 39.0 Å². The second-order valence-corrected chi connectivity index (χ2v) is 16.6. The second-order valence-electron chi connectivity index (χ2n) is 15.5. The Morgan fingerprint density at radius 1 is 0.302 bits per heavy atom. The van der Waals surface area contributed by atoms with Crippen molar-refractivity contribution in [3.63, 3.8) is 0 Å². The highest BCUT2D eigenvalue weighted by atomic mass is 32.1. The monoisotopic (exact) mass is 824 g/mol. The van der Waals surface area contributed by atoms with Crippen LogP contribution >= 0.6 is 11.3 Å². The summed E-state index contributed by atoms with van der Waals surface area (Å²) in [5.74, 6) is 3.47. The highest BCUT2D eigenvalue weighted by Crippen LogP contribution is 2.43. The van der Waals surface area contributed by atoms with Gasteiger partial charge in [0.25, 0.3) is 0 Å². The summed E-state index contributed by atoms with van der Waals surface area (Å²) in [7, 11) is 0. The van der Waals surface area contributed by atoms with Gasteiger partial charge in [0.15, 0.2) is 23.3 Å². The van der Waals surface area contributed by atoms with E-state index in [9.17, 15) is 0 Å². The van der Waals surface area contributed by atoms with Gasteiger partial charge in [0, 0.05) is 64.0 Å². The molecule has 0 saturated heterocycles. The van der Waals surface area contributed by atoms with Crippen molar-refractivity contribution in [2.24, 2.45) is 0 Å². The summed E-state index contributed by atoms with van der Waals surface area (Å²) in [5.41, 5.74) is 7.65. The van der Waals surface area contributed by atoms with Crippen LogP contribution in [-0.4, -0.2) is 39.0 Å². The van der Waals surface area contributed by atoms with E-state index >= 15 is 0 Å². The highest BCUT2D eigenvalue weighted by molar-refractivity contribution is 7.26. The van der Waals surface area contributed by atoms with Gasteiger partial charge in [0.1, 0.15) is 0 Å². The van der Waals surface area contributed by atoms with E-state index in [0.29, 0.717) is 35.2 Å². The Kier molecular flexibility index (Phi) is 7.91. The fourth-order valence-corrected chi connectivity index (χ4v) is 10.1. The van der Waals surface area contributed by atoms with Crippen molar-refractivity contribution in [2.75, 3.05) is 0 Å². The van der Waals surface area contributed by atoms with Gasteiger partial charge in [-0.15, -0.1) is 11.3 Å². The van der Waals surface area contributed by atoms with Crippen LogP contribution in [0.1, 0.15) is 0 Å². The smallest absolute Gasteiger partial charge is 0.238 e. The second kappa shape index (κ2) is 14.1. The Hall–Kier alpha value is -8.40. The number of para-hydroxylation sites is 2. The molecule has 0 aliphatic carbocycles. The van der Waals surface area contributed by atoms with Gasteiger partial charge >= 0.3 is 0 Å². The summed E-state index contributed by atoms with van der Waals surface area (Å²) in [4.78, 5) is 31.1. The van der Waals surface area contributed by atoms with Gasteiger partial charge in [-0.05, 0) is 42.5 Å². The Morgan fingerprint density at radius 2 is 0.762 bits per heavy atom. The lowest BCUT2D eigenvalue weighted by molar-refractivity contribution is 0.952. The Morgan fingerprint density at radius 3 is 1.37 bits per heavy atom. The van der Waals surface area contributed by atoms with Gasteiger partial charge in [-0.2, -0.15) is 19.9 Å². The zero-order valence-corrected chi connectivity index (χ0v) is 34.3. The number of benzene rings is 8. The lowest BCUT2D eigenvalue weighted by atomic mass is 10.1. The molecule has 0 fully saturated rings. The molecule has 13 rings (SSSR count). The zero-order valence-electron chi connectivity index (χ0n) is 33.5. The number of thiophene rings is 1. The van der Waals surface area contributed by atoms with Crippen molar-refractivity contribution in [2.45, 2.75) is 0 Å². The molecule has 0 amide bonds. The minimum atomic E-state index is 0.536.